The summed E-state index contributed by atoms with van der Waals surface area (Å²) >= 11 is 7.19. The second-order valence-corrected chi connectivity index (χ2v) is 10.6. The minimum absolute atomic E-state index is 0.0218. The number of ether oxygens (including phenoxy) is 3. The maximum Gasteiger partial charge on any atom is 0.293 e. The number of imide groups is 1. The number of carbonyl (C=O) groups excluding carboxylic acids is 3. The fraction of sp³-hybridized carbons (Fsp3) is 0.207. The summed E-state index contributed by atoms with van der Waals surface area (Å²) in [5.74, 6) is 1.17. The number of hydrogen-bond donors (Lipinski definition) is 1. The number of rotatable bonds is 8. The van der Waals surface area contributed by atoms with Crippen molar-refractivity contribution in [1.82, 2.24) is 4.90 Å². The van der Waals surface area contributed by atoms with Gasteiger partial charge >= 0.3 is 0 Å². The second kappa shape index (κ2) is 11.4. The standard InChI is InChI=1S/C29H25ClN2O6S/c1-17(2)21-5-3-4-6-23(21)31-27(33)15-36-20-9-7-18(8-10-20)11-26-28(34)32(29(35)39-26)14-19-12-24-25(13-22(19)30)38-16-37-24/h3-13,17H,14-16H2,1-2H3,(H,31,33)/b26-11-. The average Bonchev–Trinajstić information content (AvgIpc) is 3.47. The Hall–Kier alpha value is -3.95. The van der Waals surface area contributed by atoms with Gasteiger partial charge in [-0.25, -0.2) is 0 Å². The third kappa shape index (κ3) is 6.05. The number of anilines is 1. The Balaban J connectivity index is 1.19. The first-order valence-electron chi connectivity index (χ1n) is 12.2. The fourth-order valence-electron chi connectivity index (χ4n) is 4.15. The highest BCUT2D eigenvalue weighted by molar-refractivity contribution is 8.18. The van der Waals surface area contributed by atoms with E-state index in [2.05, 4.69) is 19.2 Å². The lowest BCUT2D eigenvalue weighted by atomic mass is 10.0. The largest absolute Gasteiger partial charge is 0.484 e. The lowest BCUT2D eigenvalue weighted by Gasteiger charge is -2.14. The molecule has 200 valence electrons. The van der Waals surface area contributed by atoms with E-state index in [1.54, 1.807) is 42.5 Å². The predicted molar refractivity (Wildman–Crippen MR) is 150 cm³/mol. The van der Waals surface area contributed by atoms with E-state index < -0.39 is 5.91 Å². The third-order valence-corrected chi connectivity index (χ3v) is 7.41. The number of thioether (sulfide) groups is 1. The smallest absolute Gasteiger partial charge is 0.293 e. The Morgan fingerprint density at radius 3 is 2.56 bits per heavy atom. The molecule has 8 nitrogen and oxygen atoms in total. The molecule has 0 saturated carbocycles. The van der Waals surface area contributed by atoms with Gasteiger partial charge < -0.3 is 19.5 Å². The molecule has 2 aliphatic heterocycles. The molecule has 2 aliphatic rings. The molecule has 10 heteroatoms. The summed E-state index contributed by atoms with van der Waals surface area (Å²) < 4.78 is 16.3. The molecule has 2 heterocycles. The quantitative estimate of drug-likeness (QED) is 0.314. The minimum Gasteiger partial charge on any atom is -0.484 e. The molecule has 3 amide bonds. The van der Waals surface area contributed by atoms with Crippen molar-refractivity contribution in [1.29, 1.82) is 0 Å². The lowest BCUT2D eigenvalue weighted by Crippen LogP contribution is -2.27. The number of carbonyl (C=O) groups is 3. The topological polar surface area (TPSA) is 94.2 Å². The molecule has 39 heavy (non-hydrogen) atoms. The molecule has 5 rings (SSSR count). The predicted octanol–water partition coefficient (Wildman–Crippen LogP) is 6.45. The van der Waals surface area contributed by atoms with E-state index in [1.807, 2.05) is 24.3 Å². The second-order valence-electron chi connectivity index (χ2n) is 9.21. The zero-order chi connectivity index (χ0) is 27.5. The van der Waals surface area contributed by atoms with Crippen LogP contribution in [0.5, 0.6) is 17.2 Å². The number of para-hydroxylation sites is 1. The molecule has 3 aromatic carbocycles. The first-order chi connectivity index (χ1) is 18.8. The van der Waals surface area contributed by atoms with Crippen molar-refractivity contribution < 1.29 is 28.6 Å². The zero-order valence-corrected chi connectivity index (χ0v) is 22.8. The fourth-order valence-corrected chi connectivity index (χ4v) is 5.20. The molecule has 3 aromatic rings. The van der Waals surface area contributed by atoms with Crippen molar-refractivity contribution in [2.75, 3.05) is 18.7 Å². The summed E-state index contributed by atoms with van der Waals surface area (Å²) in [4.78, 5) is 39.4. The SMILES string of the molecule is CC(C)c1ccccc1NC(=O)COc1ccc(/C=C2\SC(=O)N(Cc3cc4c(cc3Cl)OCO4)C2=O)cc1. The summed E-state index contributed by atoms with van der Waals surface area (Å²) in [6.07, 6.45) is 1.64. The van der Waals surface area contributed by atoms with Gasteiger partial charge in [-0.3, -0.25) is 19.3 Å². The molecule has 0 spiro atoms. The van der Waals surface area contributed by atoms with Crippen molar-refractivity contribution in [3.8, 4) is 17.2 Å². The number of hydrogen-bond acceptors (Lipinski definition) is 7. The van der Waals surface area contributed by atoms with E-state index in [9.17, 15) is 14.4 Å². The van der Waals surface area contributed by atoms with Gasteiger partial charge in [0.1, 0.15) is 5.75 Å². The van der Waals surface area contributed by atoms with Crippen LogP contribution in [0.15, 0.2) is 65.6 Å². The van der Waals surface area contributed by atoms with Gasteiger partial charge in [0.25, 0.3) is 17.1 Å². The van der Waals surface area contributed by atoms with Crippen molar-refractivity contribution >= 4 is 52.2 Å². The van der Waals surface area contributed by atoms with Crippen molar-refractivity contribution in [3.63, 3.8) is 0 Å². The van der Waals surface area contributed by atoms with E-state index in [-0.39, 0.29) is 37.0 Å². The van der Waals surface area contributed by atoms with Crippen LogP contribution in [0.1, 0.15) is 36.5 Å². The molecule has 1 fully saturated rings. The Bertz CT molecular complexity index is 1470. The molecule has 0 bridgehead atoms. The Kier molecular flexibility index (Phi) is 7.81. The molecule has 0 unspecified atom stereocenters. The van der Waals surface area contributed by atoms with Crippen LogP contribution in [0, 0.1) is 0 Å². The Morgan fingerprint density at radius 1 is 1.10 bits per heavy atom. The third-order valence-electron chi connectivity index (χ3n) is 6.15. The number of nitrogens with one attached hydrogen (secondary N) is 1. The highest BCUT2D eigenvalue weighted by atomic mass is 35.5. The maximum absolute atomic E-state index is 13.0. The van der Waals surface area contributed by atoms with Crippen molar-refractivity contribution in [2.24, 2.45) is 0 Å². The van der Waals surface area contributed by atoms with Gasteiger partial charge in [0.05, 0.1) is 11.4 Å². The Morgan fingerprint density at radius 2 is 1.82 bits per heavy atom. The normalized spacial score (nSPS) is 15.4. The molecule has 1 saturated heterocycles. The van der Waals surface area contributed by atoms with Gasteiger partial charge in [-0.2, -0.15) is 0 Å². The number of halogens is 1. The van der Waals surface area contributed by atoms with Gasteiger partial charge in [-0.15, -0.1) is 0 Å². The summed E-state index contributed by atoms with van der Waals surface area (Å²) in [6, 6.07) is 17.9. The first kappa shape index (κ1) is 26.6. The monoisotopic (exact) mass is 564 g/mol. The summed E-state index contributed by atoms with van der Waals surface area (Å²) in [7, 11) is 0. The summed E-state index contributed by atoms with van der Waals surface area (Å²) in [5, 5.41) is 2.90. The number of nitrogens with zero attached hydrogens (tertiary/aromatic N) is 1. The lowest BCUT2D eigenvalue weighted by molar-refractivity contribution is -0.123. The number of fused-ring (bicyclic) bond motifs is 1. The molecule has 0 aliphatic carbocycles. The molecular weight excluding hydrogens is 540 g/mol. The highest BCUT2D eigenvalue weighted by Crippen LogP contribution is 2.39. The van der Waals surface area contributed by atoms with Crippen LogP contribution >= 0.6 is 23.4 Å². The van der Waals surface area contributed by atoms with Crippen LogP contribution in [0.2, 0.25) is 5.02 Å². The molecular formula is C29H25ClN2O6S. The summed E-state index contributed by atoms with van der Waals surface area (Å²) in [5.41, 5.74) is 3.12. The van der Waals surface area contributed by atoms with Gasteiger partial charge in [0.2, 0.25) is 6.79 Å². The van der Waals surface area contributed by atoms with Gasteiger partial charge in [-0.05, 0) is 64.7 Å². The minimum atomic E-state index is -0.405. The molecule has 0 radical (unpaired) electrons. The zero-order valence-electron chi connectivity index (χ0n) is 21.2. The molecule has 1 N–H and O–H groups in total. The molecule has 0 aromatic heterocycles. The van der Waals surface area contributed by atoms with E-state index in [1.165, 1.54) is 0 Å². The van der Waals surface area contributed by atoms with E-state index >= 15 is 0 Å². The van der Waals surface area contributed by atoms with Crippen LogP contribution in [0.4, 0.5) is 10.5 Å². The van der Waals surface area contributed by atoms with Crippen molar-refractivity contribution in [3.05, 3.63) is 87.3 Å². The number of benzene rings is 3. The summed E-state index contributed by atoms with van der Waals surface area (Å²) in [6.45, 7) is 4.11. The van der Waals surface area contributed by atoms with Crippen LogP contribution in [-0.2, 0) is 16.1 Å². The highest BCUT2D eigenvalue weighted by Gasteiger charge is 2.35. The van der Waals surface area contributed by atoms with Crippen LogP contribution in [-0.4, -0.2) is 35.4 Å². The van der Waals surface area contributed by atoms with E-state index in [0.717, 1.165) is 27.9 Å². The van der Waals surface area contributed by atoms with Crippen molar-refractivity contribution in [2.45, 2.75) is 26.3 Å². The Labute approximate surface area is 234 Å². The average molecular weight is 565 g/mol. The van der Waals surface area contributed by atoms with Gasteiger partial charge in [-0.1, -0.05) is 55.8 Å². The van der Waals surface area contributed by atoms with Gasteiger partial charge in [0, 0.05) is 16.8 Å². The first-order valence-corrected chi connectivity index (χ1v) is 13.4. The maximum atomic E-state index is 13.0. The van der Waals surface area contributed by atoms with E-state index in [4.69, 9.17) is 25.8 Å². The van der Waals surface area contributed by atoms with Gasteiger partial charge in [0.15, 0.2) is 18.1 Å². The van der Waals surface area contributed by atoms with Crippen LogP contribution < -0.4 is 19.5 Å². The molecule has 0 atom stereocenters. The van der Waals surface area contributed by atoms with Crippen LogP contribution in [0.25, 0.3) is 6.08 Å². The van der Waals surface area contributed by atoms with Crippen LogP contribution in [0.3, 0.4) is 0 Å². The number of amides is 3. The van der Waals surface area contributed by atoms with E-state index in [0.29, 0.717) is 38.3 Å².